The van der Waals surface area contributed by atoms with Crippen molar-refractivity contribution in [3.63, 3.8) is 0 Å². The topological polar surface area (TPSA) is 69.9 Å². The minimum absolute atomic E-state index is 0.570. The second kappa shape index (κ2) is 4.03. The maximum Gasteiger partial charge on any atom is 0.155 e. The van der Waals surface area contributed by atoms with Crippen molar-refractivity contribution in [1.82, 2.24) is 14.8 Å². The Kier molecular flexibility index (Phi) is 2.37. The summed E-state index contributed by atoms with van der Waals surface area (Å²) in [7, 11) is 0. The van der Waals surface area contributed by atoms with Crippen molar-refractivity contribution in [2.45, 2.75) is 6.92 Å². The SMILES string of the molecule is Cc1c(-c2ccco2)nn(-c2ccccn2)c1N. The fourth-order valence-electron chi connectivity index (χ4n) is 1.81. The Labute approximate surface area is 104 Å². The predicted molar refractivity (Wildman–Crippen MR) is 68.2 cm³/mol. The van der Waals surface area contributed by atoms with E-state index in [0.717, 1.165) is 11.3 Å². The van der Waals surface area contributed by atoms with Gasteiger partial charge < -0.3 is 10.2 Å². The summed E-state index contributed by atoms with van der Waals surface area (Å²) in [6.07, 6.45) is 3.32. The zero-order valence-corrected chi connectivity index (χ0v) is 9.87. The van der Waals surface area contributed by atoms with Crippen LogP contribution in [-0.4, -0.2) is 14.8 Å². The van der Waals surface area contributed by atoms with Crippen LogP contribution in [-0.2, 0) is 0 Å². The molecule has 2 N–H and O–H groups in total. The van der Waals surface area contributed by atoms with Gasteiger partial charge in [-0.15, -0.1) is 0 Å². The van der Waals surface area contributed by atoms with E-state index in [-0.39, 0.29) is 0 Å². The molecule has 0 atom stereocenters. The van der Waals surface area contributed by atoms with Crippen LogP contribution in [0.1, 0.15) is 5.56 Å². The highest BCUT2D eigenvalue weighted by Gasteiger charge is 2.16. The second-order valence-corrected chi connectivity index (χ2v) is 3.94. The van der Waals surface area contributed by atoms with Gasteiger partial charge in [-0.25, -0.2) is 4.98 Å². The zero-order valence-electron chi connectivity index (χ0n) is 9.87. The number of nitrogen functional groups attached to an aromatic ring is 1. The number of aromatic nitrogens is 3. The highest BCUT2D eigenvalue weighted by Crippen LogP contribution is 2.27. The molecule has 0 spiro atoms. The van der Waals surface area contributed by atoms with Crippen LogP contribution in [0, 0.1) is 6.92 Å². The number of hydrogen-bond acceptors (Lipinski definition) is 4. The van der Waals surface area contributed by atoms with Gasteiger partial charge in [0.1, 0.15) is 11.5 Å². The van der Waals surface area contributed by atoms with Gasteiger partial charge in [0.25, 0.3) is 0 Å². The van der Waals surface area contributed by atoms with Gasteiger partial charge in [0.2, 0.25) is 0 Å². The van der Waals surface area contributed by atoms with E-state index < -0.39 is 0 Å². The van der Waals surface area contributed by atoms with E-state index >= 15 is 0 Å². The minimum atomic E-state index is 0.570. The largest absolute Gasteiger partial charge is 0.463 e. The van der Waals surface area contributed by atoms with Gasteiger partial charge >= 0.3 is 0 Å². The molecule has 0 fully saturated rings. The summed E-state index contributed by atoms with van der Waals surface area (Å²) in [5.74, 6) is 1.96. The molecular weight excluding hydrogens is 228 g/mol. The number of anilines is 1. The van der Waals surface area contributed by atoms with Crippen molar-refractivity contribution in [2.24, 2.45) is 0 Å². The van der Waals surface area contributed by atoms with E-state index in [2.05, 4.69) is 10.1 Å². The summed E-state index contributed by atoms with van der Waals surface area (Å²) in [5.41, 5.74) is 7.68. The monoisotopic (exact) mass is 240 g/mol. The van der Waals surface area contributed by atoms with Crippen LogP contribution < -0.4 is 5.73 Å². The van der Waals surface area contributed by atoms with Crippen LogP contribution in [0.25, 0.3) is 17.3 Å². The Bertz CT molecular complexity index is 656. The highest BCUT2D eigenvalue weighted by molar-refractivity contribution is 5.64. The molecule has 0 bridgehead atoms. The molecule has 90 valence electrons. The van der Waals surface area contributed by atoms with Crippen LogP contribution in [0.5, 0.6) is 0 Å². The first-order valence-corrected chi connectivity index (χ1v) is 5.58. The van der Waals surface area contributed by atoms with E-state index in [4.69, 9.17) is 10.2 Å². The molecule has 3 heterocycles. The van der Waals surface area contributed by atoms with Crippen LogP contribution in [0.15, 0.2) is 47.2 Å². The molecule has 0 aliphatic carbocycles. The lowest BCUT2D eigenvalue weighted by molar-refractivity contribution is 0.578. The van der Waals surface area contributed by atoms with E-state index in [1.807, 2.05) is 37.3 Å². The van der Waals surface area contributed by atoms with Gasteiger partial charge in [0, 0.05) is 11.8 Å². The average molecular weight is 240 g/mol. The molecule has 0 saturated heterocycles. The zero-order chi connectivity index (χ0) is 12.5. The number of hydrogen-bond donors (Lipinski definition) is 1. The first-order valence-electron chi connectivity index (χ1n) is 5.58. The maximum absolute atomic E-state index is 6.06. The summed E-state index contributed by atoms with van der Waals surface area (Å²) in [6.45, 7) is 1.92. The van der Waals surface area contributed by atoms with E-state index in [1.165, 1.54) is 0 Å². The molecule has 0 aliphatic heterocycles. The third-order valence-corrected chi connectivity index (χ3v) is 2.79. The number of rotatable bonds is 2. The summed E-state index contributed by atoms with van der Waals surface area (Å²) < 4.78 is 6.97. The molecule has 0 aromatic carbocycles. The van der Waals surface area contributed by atoms with Crippen molar-refractivity contribution in [3.8, 4) is 17.3 Å². The lowest BCUT2D eigenvalue weighted by Gasteiger charge is -2.01. The molecule has 5 nitrogen and oxygen atoms in total. The predicted octanol–water partition coefficient (Wildman–Crippen LogP) is 2.42. The van der Waals surface area contributed by atoms with Crippen molar-refractivity contribution in [2.75, 3.05) is 5.73 Å². The second-order valence-electron chi connectivity index (χ2n) is 3.94. The minimum Gasteiger partial charge on any atom is -0.463 e. The van der Waals surface area contributed by atoms with Crippen molar-refractivity contribution >= 4 is 5.82 Å². The normalized spacial score (nSPS) is 10.7. The number of furan rings is 1. The Morgan fingerprint density at radius 3 is 2.78 bits per heavy atom. The van der Waals surface area contributed by atoms with Crippen LogP contribution >= 0.6 is 0 Å². The molecule has 5 heteroatoms. The summed E-state index contributed by atoms with van der Waals surface area (Å²) >= 11 is 0. The fraction of sp³-hybridized carbons (Fsp3) is 0.0769. The Balaban J connectivity index is 2.16. The summed E-state index contributed by atoms with van der Waals surface area (Å²) in [6, 6.07) is 9.28. The smallest absolute Gasteiger partial charge is 0.155 e. The first kappa shape index (κ1) is 10.6. The molecule has 0 amide bonds. The van der Waals surface area contributed by atoms with Crippen LogP contribution in [0.2, 0.25) is 0 Å². The number of pyridine rings is 1. The summed E-state index contributed by atoms with van der Waals surface area (Å²) in [5, 5.41) is 4.46. The molecule has 0 saturated carbocycles. The Hall–Kier alpha value is -2.56. The van der Waals surface area contributed by atoms with Crippen molar-refractivity contribution in [1.29, 1.82) is 0 Å². The molecule has 3 aromatic rings. The van der Waals surface area contributed by atoms with Gasteiger partial charge in [0.15, 0.2) is 11.6 Å². The van der Waals surface area contributed by atoms with Crippen molar-refractivity contribution < 1.29 is 4.42 Å². The Morgan fingerprint density at radius 2 is 2.11 bits per heavy atom. The van der Waals surface area contributed by atoms with Gasteiger partial charge in [-0.2, -0.15) is 9.78 Å². The Morgan fingerprint density at radius 1 is 1.22 bits per heavy atom. The van der Waals surface area contributed by atoms with Crippen molar-refractivity contribution in [3.05, 3.63) is 48.4 Å². The third-order valence-electron chi connectivity index (χ3n) is 2.79. The molecule has 0 unspecified atom stereocenters. The lowest BCUT2D eigenvalue weighted by atomic mass is 10.2. The maximum atomic E-state index is 6.06. The van der Waals surface area contributed by atoms with Crippen LogP contribution in [0.4, 0.5) is 5.82 Å². The molecule has 3 aromatic heterocycles. The van der Waals surface area contributed by atoms with Gasteiger partial charge in [-0.3, -0.25) is 0 Å². The van der Waals surface area contributed by atoms with E-state index in [9.17, 15) is 0 Å². The number of nitrogens with two attached hydrogens (primary N) is 1. The van der Waals surface area contributed by atoms with Gasteiger partial charge in [0.05, 0.1) is 6.26 Å². The molecular formula is C13H12N4O. The highest BCUT2D eigenvalue weighted by atomic mass is 16.3. The fourth-order valence-corrected chi connectivity index (χ4v) is 1.81. The first-order chi connectivity index (χ1) is 8.77. The summed E-state index contributed by atoms with van der Waals surface area (Å²) in [4.78, 5) is 4.24. The molecule has 0 aliphatic rings. The van der Waals surface area contributed by atoms with Crippen LogP contribution in [0.3, 0.4) is 0 Å². The third kappa shape index (κ3) is 1.57. The number of nitrogens with zero attached hydrogens (tertiary/aromatic N) is 3. The quantitative estimate of drug-likeness (QED) is 0.746. The lowest BCUT2D eigenvalue weighted by Crippen LogP contribution is -2.03. The molecule has 0 radical (unpaired) electrons. The molecule has 3 rings (SSSR count). The average Bonchev–Trinajstić information content (AvgIpc) is 3.01. The van der Waals surface area contributed by atoms with E-state index in [1.54, 1.807) is 17.1 Å². The van der Waals surface area contributed by atoms with Gasteiger partial charge in [-0.1, -0.05) is 6.07 Å². The van der Waals surface area contributed by atoms with E-state index in [0.29, 0.717) is 17.4 Å². The molecule has 18 heavy (non-hydrogen) atoms. The standard InChI is InChI=1S/C13H12N4O/c1-9-12(10-5-4-8-18-10)16-17(13(9)14)11-6-2-3-7-15-11/h2-8H,14H2,1H3. The van der Waals surface area contributed by atoms with Gasteiger partial charge in [-0.05, 0) is 31.2 Å².